The van der Waals surface area contributed by atoms with Crippen LogP contribution < -0.4 is 15.1 Å². The molecule has 0 radical (unpaired) electrons. The van der Waals surface area contributed by atoms with Crippen LogP contribution in [0.1, 0.15) is 42.3 Å². The molecule has 6 rings (SSSR count). The smallest absolute Gasteiger partial charge is 0.407 e. The largest absolute Gasteiger partial charge is 0.453 e. The van der Waals surface area contributed by atoms with Gasteiger partial charge >= 0.3 is 6.09 Å². The molecule has 3 atom stereocenters. The lowest BCUT2D eigenvalue weighted by Gasteiger charge is -2.42. The van der Waals surface area contributed by atoms with Crippen molar-refractivity contribution in [1.82, 2.24) is 20.3 Å². The van der Waals surface area contributed by atoms with Gasteiger partial charge in [0.15, 0.2) is 0 Å². The average Bonchev–Trinajstić information content (AvgIpc) is 3.38. The van der Waals surface area contributed by atoms with Crippen molar-refractivity contribution < 1.29 is 9.53 Å². The van der Waals surface area contributed by atoms with E-state index >= 15 is 0 Å². The van der Waals surface area contributed by atoms with Crippen LogP contribution in [-0.4, -0.2) is 53.3 Å². The Hall–Kier alpha value is -2.87. The molecule has 9 heteroatoms. The molecular weight excluding hydrogens is 452 g/mol. The molecule has 1 N–H and O–H groups in total. The predicted molar refractivity (Wildman–Crippen MR) is 131 cm³/mol. The molecule has 1 amide bonds. The number of nitrogens with zero attached hydrogens (tertiary/aromatic N) is 5. The Bertz CT molecular complexity index is 1160. The maximum atomic E-state index is 11.9. The first-order valence-corrected chi connectivity index (χ1v) is 12.4. The van der Waals surface area contributed by atoms with Crippen LogP contribution in [0.3, 0.4) is 0 Å². The number of fused-ring (bicyclic) bond motifs is 4. The number of methoxy groups -OCH3 is 1. The topological polar surface area (TPSA) is 83.5 Å². The molecule has 34 heavy (non-hydrogen) atoms. The van der Waals surface area contributed by atoms with E-state index in [1.165, 1.54) is 18.2 Å². The summed E-state index contributed by atoms with van der Waals surface area (Å²) < 4.78 is 4.86. The maximum Gasteiger partial charge on any atom is 0.407 e. The minimum absolute atomic E-state index is 0.172. The van der Waals surface area contributed by atoms with Crippen molar-refractivity contribution in [2.45, 2.75) is 51.2 Å². The Labute approximate surface area is 204 Å². The third-order valence-electron chi connectivity index (χ3n) is 7.95. The molecule has 178 valence electrons. The summed E-state index contributed by atoms with van der Waals surface area (Å²) in [4.78, 5) is 30.7. The molecule has 2 aromatic rings. The maximum absolute atomic E-state index is 11.9. The van der Waals surface area contributed by atoms with Crippen LogP contribution in [0, 0.1) is 11.8 Å². The summed E-state index contributed by atoms with van der Waals surface area (Å²) in [6.07, 6.45) is 9.59. The van der Waals surface area contributed by atoms with Crippen molar-refractivity contribution in [3.63, 3.8) is 0 Å². The van der Waals surface area contributed by atoms with E-state index in [0.717, 1.165) is 68.2 Å². The van der Waals surface area contributed by atoms with Crippen molar-refractivity contribution >= 4 is 35.3 Å². The van der Waals surface area contributed by atoms with Gasteiger partial charge in [-0.15, -0.1) is 0 Å². The SMILES string of the molecule is COC(=O)NC1C2CCC1CN(c1ncnc3c1CN(c1cc(Cl)nc4c1C=CC4)[C@H](C)C3)C2. The molecule has 2 fully saturated rings. The number of hydrogen-bond donors (Lipinski definition) is 1. The number of carbonyl (C=O) groups excluding carboxylic acids is 1. The lowest BCUT2D eigenvalue weighted by molar-refractivity contribution is 0.157. The van der Waals surface area contributed by atoms with E-state index in [-0.39, 0.29) is 18.2 Å². The summed E-state index contributed by atoms with van der Waals surface area (Å²) >= 11 is 6.41. The molecule has 1 saturated carbocycles. The van der Waals surface area contributed by atoms with E-state index in [1.807, 2.05) is 6.07 Å². The highest BCUT2D eigenvalue weighted by Crippen LogP contribution is 2.41. The Morgan fingerprint density at radius 3 is 2.76 bits per heavy atom. The van der Waals surface area contributed by atoms with Crippen LogP contribution in [0.15, 0.2) is 18.5 Å². The summed E-state index contributed by atoms with van der Waals surface area (Å²) in [5.74, 6) is 1.83. The van der Waals surface area contributed by atoms with Crippen LogP contribution in [-0.2, 0) is 24.1 Å². The van der Waals surface area contributed by atoms with Crippen LogP contribution in [0.2, 0.25) is 5.15 Å². The molecule has 8 nitrogen and oxygen atoms in total. The first-order chi connectivity index (χ1) is 16.5. The van der Waals surface area contributed by atoms with Gasteiger partial charge < -0.3 is 19.9 Å². The molecule has 0 spiro atoms. The minimum Gasteiger partial charge on any atom is -0.453 e. The Morgan fingerprint density at radius 1 is 1.21 bits per heavy atom. The van der Waals surface area contributed by atoms with E-state index in [1.54, 1.807) is 6.33 Å². The van der Waals surface area contributed by atoms with Crippen LogP contribution >= 0.6 is 11.6 Å². The Morgan fingerprint density at radius 2 is 2.00 bits per heavy atom. The first kappa shape index (κ1) is 21.6. The number of ether oxygens (including phenoxy) is 1. The molecule has 0 aromatic carbocycles. The Balaban J connectivity index is 1.30. The van der Waals surface area contributed by atoms with E-state index in [4.69, 9.17) is 21.3 Å². The number of pyridine rings is 1. The number of alkyl carbamates (subject to hydrolysis) is 1. The van der Waals surface area contributed by atoms with E-state index in [0.29, 0.717) is 17.0 Å². The van der Waals surface area contributed by atoms with E-state index < -0.39 is 0 Å². The number of rotatable bonds is 3. The van der Waals surface area contributed by atoms with E-state index in [9.17, 15) is 4.79 Å². The molecule has 4 aliphatic rings. The van der Waals surface area contributed by atoms with Crippen molar-refractivity contribution in [3.05, 3.63) is 46.1 Å². The number of nitrogens with one attached hydrogen (secondary N) is 1. The zero-order valence-electron chi connectivity index (χ0n) is 19.5. The molecule has 2 bridgehead atoms. The molecular formula is C25H29ClN6O2. The van der Waals surface area contributed by atoms with Gasteiger partial charge in [-0.05, 0) is 37.7 Å². The lowest BCUT2D eigenvalue weighted by atomic mass is 9.91. The number of aromatic nitrogens is 3. The highest BCUT2D eigenvalue weighted by atomic mass is 35.5. The fraction of sp³-hybridized carbons (Fsp3) is 0.520. The van der Waals surface area contributed by atoms with Crippen molar-refractivity contribution in [1.29, 1.82) is 0 Å². The van der Waals surface area contributed by atoms with Gasteiger partial charge in [-0.1, -0.05) is 23.8 Å². The Kier molecular flexibility index (Phi) is 5.36. The predicted octanol–water partition coefficient (Wildman–Crippen LogP) is 3.62. The lowest BCUT2D eigenvalue weighted by Crippen LogP contribution is -2.53. The first-order valence-electron chi connectivity index (χ1n) is 12.1. The highest BCUT2D eigenvalue weighted by Gasteiger charge is 2.44. The number of carbonyl (C=O) groups is 1. The minimum atomic E-state index is -0.336. The fourth-order valence-corrected chi connectivity index (χ4v) is 6.54. The zero-order valence-corrected chi connectivity index (χ0v) is 20.3. The normalized spacial score (nSPS) is 26.9. The van der Waals surface area contributed by atoms with E-state index in [2.05, 4.69) is 44.2 Å². The molecule has 2 aliphatic heterocycles. The van der Waals surface area contributed by atoms with Gasteiger partial charge in [-0.3, -0.25) is 0 Å². The number of halogens is 1. The molecule has 4 heterocycles. The van der Waals surface area contributed by atoms with Gasteiger partial charge in [0.25, 0.3) is 0 Å². The molecule has 2 aliphatic carbocycles. The quantitative estimate of drug-likeness (QED) is 0.672. The third kappa shape index (κ3) is 3.59. The van der Waals surface area contributed by atoms with Gasteiger partial charge in [-0.2, -0.15) is 0 Å². The van der Waals surface area contributed by atoms with Crippen molar-refractivity contribution in [2.24, 2.45) is 11.8 Å². The summed E-state index contributed by atoms with van der Waals surface area (Å²) in [5, 5.41) is 3.61. The fourth-order valence-electron chi connectivity index (χ4n) is 6.34. The number of piperidine rings is 1. The number of amides is 1. The second kappa shape index (κ2) is 8.41. The number of allylic oxidation sites excluding steroid dienone is 1. The second-order valence-corrected chi connectivity index (χ2v) is 10.3. The molecule has 2 unspecified atom stereocenters. The van der Waals surface area contributed by atoms with Crippen LogP contribution in [0.25, 0.3) is 6.08 Å². The molecule has 2 aromatic heterocycles. The molecule has 1 saturated heterocycles. The van der Waals surface area contributed by atoms with Crippen LogP contribution in [0.5, 0.6) is 0 Å². The van der Waals surface area contributed by atoms with Crippen molar-refractivity contribution in [2.75, 3.05) is 30.0 Å². The highest BCUT2D eigenvalue weighted by molar-refractivity contribution is 6.29. The monoisotopic (exact) mass is 480 g/mol. The van der Waals surface area contributed by atoms with Gasteiger partial charge in [0.05, 0.1) is 18.5 Å². The summed E-state index contributed by atoms with van der Waals surface area (Å²) in [6.45, 7) is 4.74. The summed E-state index contributed by atoms with van der Waals surface area (Å²) in [6, 6.07) is 2.45. The zero-order chi connectivity index (χ0) is 23.4. The van der Waals surface area contributed by atoms with Crippen molar-refractivity contribution in [3.8, 4) is 0 Å². The van der Waals surface area contributed by atoms with Gasteiger partial charge in [0.2, 0.25) is 0 Å². The second-order valence-electron chi connectivity index (χ2n) is 9.90. The third-order valence-corrected chi connectivity index (χ3v) is 8.15. The summed E-state index contributed by atoms with van der Waals surface area (Å²) in [7, 11) is 1.42. The average molecular weight is 481 g/mol. The van der Waals surface area contributed by atoms with Crippen LogP contribution in [0.4, 0.5) is 16.3 Å². The van der Waals surface area contributed by atoms with Gasteiger partial charge in [-0.25, -0.2) is 19.7 Å². The number of anilines is 2. The van der Waals surface area contributed by atoms with Gasteiger partial charge in [0.1, 0.15) is 17.3 Å². The standard InChI is InChI=1S/C25H29ClN6O2/c1-14-8-20-18(12-32(14)21-9-22(26)29-19-5-3-4-17(19)21)24(28-13-27-20)31-10-15-6-7-16(11-31)23(15)30-25(33)34-2/h3-4,9,13-16,23H,5-8,10-12H2,1-2H3,(H,30,33)/t14-,15?,16?,23?/m1/s1. The van der Waals surface area contributed by atoms with Gasteiger partial charge in [0, 0.05) is 61.4 Å². The number of hydrogen-bond acceptors (Lipinski definition) is 7. The summed E-state index contributed by atoms with van der Waals surface area (Å²) in [5.41, 5.74) is 5.68.